The molecule has 1 aliphatic carbocycles. The molecule has 5 heteroatoms. The zero-order chi connectivity index (χ0) is 17.3. The Morgan fingerprint density at radius 3 is 2.96 bits per heavy atom. The third-order valence-corrected chi connectivity index (χ3v) is 5.45. The number of carbonyl (C=O) groups excluding carboxylic acids is 1. The monoisotopic (exact) mass is 335 g/mol. The Hall–Kier alpha value is -1.30. The highest BCUT2D eigenvalue weighted by molar-refractivity contribution is 5.84. The molecular weight excluding hydrogens is 309 g/mol. The molecule has 1 fully saturated rings. The number of nitrogens with zero attached hydrogens (tertiary/aromatic N) is 1. The van der Waals surface area contributed by atoms with Crippen LogP contribution in [0, 0.1) is 5.92 Å². The molecule has 1 heterocycles. The van der Waals surface area contributed by atoms with Crippen LogP contribution in [-0.2, 0) is 28.2 Å². The van der Waals surface area contributed by atoms with Gasteiger partial charge in [-0.25, -0.2) is 4.39 Å². The molecule has 1 aromatic rings. The van der Waals surface area contributed by atoms with Gasteiger partial charge in [0, 0.05) is 39.6 Å². The highest BCUT2D eigenvalue weighted by Crippen LogP contribution is 2.49. The van der Waals surface area contributed by atoms with Crippen LogP contribution in [0.25, 0.3) is 0 Å². The van der Waals surface area contributed by atoms with E-state index in [4.69, 9.17) is 4.74 Å². The van der Waals surface area contributed by atoms with E-state index in [0.29, 0.717) is 19.6 Å². The largest absolute Gasteiger partial charge is 0.396 e. The fourth-order valence-electron chi connectivity index (χ4n) is 4.18. The van der Waals surface area contributed by atoms with Gasteiger partial charge in [-0.3, -0.25) is 9.69 Å². The summed E-state index contributed by atoms with van der Waals surface area (Å²) in [5.41, 5.74) is 2.97. The topological polar surface area (TPSA) is 49.8 Å². The van der Waals surface area contributed by atoms with Gasteiger partial charge in [0.25, 0.3) is 0 Å². The van der Waals surface area contributed by atoms with Crippen LogP contribution in [0.15, 0.2) is 18.2 Å². The standard InChI is InChI=1S/C19H26FNO3/c1-13(11-22)9-21-10-15-4-3-14(12-24-2)7-16(15)19(21)6-5-18(23)17(20)8-19/h3-4,7,13,17,22H,5-6,8-12H2,1-2H3/t13-,17?,19?/m1/s1. The van der Waals surface area contributed by atoms with Crippen molar-refractivity contribution in [2.24, 2.45) is 5.92 Å². The van der Waals surface area contributed by atoms with Gasteiger partial charge in [0.15, 0.2) is 12.0 Å². The molecule has 1 aromatic carbocycles. The predicted octanol–water partition coefficient (Wildman–Crippen LogP) is 2.56. The number of benzene rings is 1. The quantitative estimate of drug-likeness (QED) is 0.898. The molecule has 2 aliphatic rings. The third-order valence-electron chi connectivity index (χ3n) is 5.45. The molecule has 1 spiro atoms. The molecule has 4 nitrogen and oxygen atoms in total. The maximum atomic E-state index is 14.4. The molecule has 0 amide bonds. The first-order valence-electron chi connectivity index (χ1n) is 8.64. The lowest BCUT2D eigenvalue weighted by molar-refractivity contribution is -0.130. The van der Waals surface area contributed by atoms with Crippen LogP contribution in [0.3, 0.4) is 0 Å². The second kappa shape index (κ2) is 6.90. The molecule has 1 N–H and O–H groups in total. The van der Waals surface area contributed by atoms with Gasteiger partial charge >= 0.3 is 0 Å². The van der Waals surface area contributed by atoms with Crippen molar-refractivity contribution in [1.82, 2.24) is 4.90 Å². The van der Waals surface area contributed by atoms with Gasteiger partial charge in [-0.1, -0.05) is 25.1 Å². The maximum Gasteiger partial charge on any atom is 0.167 e. The van der Waals surface area contributed by atoms with Crippen LogP contribution >= 0.6 is 0 Å². The van der Waals surface area contributed by atoms with E-state index in [1.54, 1.807) is 7.11 Å². The average molecular weight is 335 g/mol. The Morgan fingerprint density at radius 1 is 1.50 bits per heavy atom. The van der Waals surface area contributed by atoms with Gasteiger partial charge in [-0.2, -0.15) is 0 Å². The van der Waals surface area contributed by atoms with Gasteiger partial charge in [-0.05, 0) is 29.0 Å². The molecular formula is C19H26FNO3. The minimum absolute atomic E-state index is 0.107. The number of fused-ring (bicyclic) bond motifs is 2. The summed E-state index contributed by atoms with van der Waals surface area (Å²) in [7, 11) is 1.66. The third kappa shape index (κ3) is 3.01. The van der Waals surface area contributed by atoms with E-state index in [1.165, 1.54) is 5.56 Å². The number of Topliss-reactive ketones (excluding diaryl/α,β-unsaturated/α-hetero) is 1. The summed E-state index contributed by atoms with van der Waals surface area (Å²) < 4.78 is 19.6. The molecule has 3 rings (SSSR count). The van der Waals surface area contributed by atoms with Crippen molar-refractivity contribution < 1.29 is 19.0 Å². The Morgan fingerprint density at radius 2 is 2.29 bits per heavy atom. The molecule has 24 heavy (non-hydrogen) atoms. The van der Waals surface area contributed by atoms with E-state index in [-0.39, 0.29) is 31.1 Å². The fourth-order valence-corrected chi connectivity index (χ4v) is 4.18. The van der Waals surface area contributed by atoms with Gasteiger partial charge < -0.3 is 9.84 Å². The number of ether oxygens (including phenoxy) is 1. The molecule has 0 bridgehead atoms. The summed E-state index contributed by atoms with van der Waals surface area (Å²) in [5, 5.41) is 9.44. The smallest absolute Gasteiger partial charge is 0.167 e. The fraction of sp³-hybridized carbons (Fsp3) is 0.632. The zero-order valence-electron chi connectivity index (χ0n) is 14.4. The number of carbonyl (C=O) groups is 1. The van der Waals surface area contributed by atoms with Crippen LogP contribution in [0.2, 0.25) is 0 Å². The molecule has 0 aromatic heterocycles. The van der Waals surface area contributed by atoms with E-state index in [0.717, 1.165) is 17.7 Å². The number of rotatable bonds is 5. The minimum atomic E-state index is -1.40. The van der Waals surface area contributed by atoms with Crippen molar-refractivity contribution in [1.29, 1.82) is 0 Å². The van der Waals surface area contributed by atoms with E-state index in [9.17, 15) is 14.3 Å². The lowest BCUT2D eigenvalue weighted by Crippen LogP contribution is -2.49. The summed E-state index contributed by atoms with van der Waals surface area (Å²) >= 11 is 0. The first kappa shape index (κ1) is 17.5. The van der Waals surface area contributed by atoms with E-state index in [1.807, 2.05) is 6.92 Å². The SMILES string of the molecule is COCc1ccc2c(c1)C1(CCC(=O)C(F)C1)N(C[C@@H](C)CO)C2. The molecule has 2 unspecified atom stereocenters. The number of hydrogen-bond acceptors (Lipinski definition) is 4. The van der Waals surface area contributed by atoms with Crippen LogP contribution in [0.5, 0.6) is 0 Å². The molecule has 1 aliphatic heterocycles. The van der Waals surface area contributed by atoms with Gasteiger partial charge in [0.05, 0.1) is 12.1 Å². The van der Waals surface area contributed by atoms with E-state index in [2.05, 4.69) is 23.1 Å². The Bertz CT molecular complexity index is 621. The minimum Gasteiger partial charge on any atom is -0.396 e. The number of hydrogen-bond donors (Lipinski definition) is 1. The Balaban J connectivity index is 1.99. The van der Waals surface area contributed by atoms with Gasteiger partial charge in [0.1, 0.15) is 0 Å². The van der Waals surface area contributed by atoms with Crippen molar-refractivity contribution in [3.8, 4) is 0 Å². The number of alkyl halides is 1. The summed E-state index contributed by atoms with van der Waals surface area (Å²) in [5.74, 6) is -0.164. The van der Waals surface area contributed by atoms with E-state index >= 15 is 0 Å². The highest BCUT2D eigenvalue weighted by atomic mass is 19.1. The molecule has 132 valence electrons. The zero-order valence-corrected chi connectivity index (χ0v) is 14.4. The normalized spacial score (nSPS) is 28.3. The van der Waals surface area contributed by atoms with Crippen molar-refractivity contribution in [3.63, 3.8) is 0 Å². The molecule has 0 saturated heterocycles. The van der Waals surface area contributed by atoms with Gasteiger partial charge in [-0.15, -0.1) is 0 Å². The van der Waals surface area contributed by atoms with Crippen molar-refractivity contribution in [2.45, 2.75) is 51.0 Å². The average Bonchev–Trinajstić information content (AvgIpc) is 2.85. The van der Waals surface area contributed by atoms with Crippen molar-refractivity contribution in [2.75, 3.05) is 20.3 Å². The summed E-state index contributed by atoms with van der Waals surface area (Å²) in [6.07, 6.45) is -0.261. The first-order valence-corrected chi connectivity index (χ1v) is 8.64. The summed E-state index contributed by atoms with van der Waals surface area (Å²) in [6.45, 7) is 4.07. The summed E-state index contributed by atoms with van der Waals surface area (Å²) in [4.78, 5) is 14.0. The molecule has 1 saturated carbocycles. The Kier molecular flexibility index (Phi) is 5.04. The molecule has 0 radical (unpaired) electrons. The Labute approximate surface area is 142 Å². The number of aliphatic hydroxyl groups excluding tert-OH is 1. The van der Waals surface area contributed by atoms with Crippen LogP contribution in [0.4, 0.5) is 4.39 Å². The second-order valence-corrected chi connectivity index (χ2v) is 7.26. The number of halogens is 1. The second-order valence-electron chi connectivity index (χ2n) is 7.26. The maximum absolute atomic E-state index is 14.4. The van der Waals surface area contributed by atoms with Crippen LogP contribution in [-0.4, -0.2) is 42.2 Å². The lowest BCUT2D eigenvalue weighted by atomic mass is 9.74. The predicted molar refractivity (Wildman–Crippen MR) is 89.2 cm³/mol. The summed E-state index contributed by atoms with van der Waals surface area (Å²) in [6, 6.07) is 6.26. The van der Waals surface area contributed by atoms with Gasteiger partial charge in [0.2, 0.25) is 0 Å². The van der Waals surface area contributed by atoms with E-state index < -0.39 is 11.7 Å². The lowest BCUT2D eigenvalue weighted by Gasteiger charge is -2.44. The number of aliphatic hydroxyl groups is 1. The first-order chi connectivity index (χ1) is 11.5. The number of methoxy groups -OCH3 is 1. The molecule has 3 atom stereocenters. The highest BCUT2D eigenvalue weighted by Gasteiger charge is 2.50. The van der Waals surface area contributed by atoms with Crippen LogP contribution < -0.4 is 0 Å². The van der Waals surface area contributed by atoms with Crippen LogP contribution in [0.1, 0.15) is 42.9 Å². The van der Waals surface area contributed by atoms with Crippen molar-refractivity contribution >= 4 is 5.78 Å². The van der Waals surface area contributed by atoms with Crippen molar-refractivity contribution in [3.05, 3.63) is 34.9 Å². The number of ketones is 1.